The molecule has 1 amide bonds. The third kappa shape index (κ3) is 3.68. The minimum atomic E-state index is -0.781. The van der Waals surface area contributed by atoms with Crippen LogP contribution in [0.3, 0.4) is 0 Å². The number of fused-ring (bicyclic) bond motifs is 2. The molecule has 0 bridgehead atoms. The second-order valence-electron chi connectivity index (χ2n) is 6.08. The lowest BCUT2D eigenvalue weighted by Crippen LogP contribution is -2.44. The van der Waals surface area contributed by atoms with Gasteiger partial charge in [0.05, 0.1) is 7.11 Å². The highest BCUT2D eigenvalue weighted by Gasteiger charge is 2.23. The van der Waals surface area contributed by atoms with E-state index in [1.165, 1.54) is 14.2 Å². The summed E-state index contributed by atoms with van der Waals surface area (Å²) >= 11 is 0. The van der Waals surface area contributed by atoms with Crippen molar-refractivity contribution in [3.8, 4) is 0 Å². The first-order chi connectivity index (χ1) is 12.6. The minimum absolute atomic E-state index is 0.107. The van der Waals surface area contributed by atoms with Crippen molar-refractivity contribution < 1.29 is 19.1 Å². The first-order valence-corrected chi connectivity index (χ1v) is 8.39. The predicted octanol–water partition coefficient (Wildman–Crippen LogP) is 2.84. The maximum Gasteiger partial charge on any atom is 0.328 e. The maximum atomic E-state index is 12.3. The first-order valence-electron chi connectivity index (χ1n) is 8.39. The van der Waals surface area contributed by atoms with Crippen molar-refractivity contribution in [1.29, 1.82) is 0 Å². The number of rotatable bonds is 6. The second-order valence-corrected chi connectivity index (χ2v) is 6.08. The zero-order chi connectivity index (χ0) is 18.5. The van der Waals surface area contributed by atoms with Gasteiger partial charge in [-0.25, -0.2) is 4.79 Å². The fraction of sp³-hybridized carbons (Fsp3) is 0.238. The van der Waals surface area contributed by atoms with Crippen LogP contribution in [-0.4, -0.2) is 38.7 Å². The first kappa shape index (κ1) is 17.9. The molecule has 0 aliphatic heterocycles. The molecule has 3 rings (SSSR count). The van der Waals surface area contributed by atoms with Crippen molar-refractivity contribution in [2.75, 3.05) is 20.8 Å². The van der Waals surface area contributed by atoms with Gasteiger partial charge in [-0.15, -0.1) is 0 Å². The Morgan fingerprint density at radius 3 is 2.08 bits per heavy atom. The summed E-state index contributed by atoms with van der Waals surface area (Å²) in [5.41, 5.74) is 1.01. The van der Waals surface area contributed by atoms with Gasteiger partial charge in [-0.2, -0.15) is 0 Å². The number of hydrogen-bond donors (Lipinski definition) is 1. The Morgan fingerprint density at radius 2 is 1.54 bits per heavy atom. The number of carbonyl (C=O) groups excluding carboxylic acids is 2. The third-order valence-corrected chi connectivity index (χ3v) is 4.39. The number of hydrogen-bond acceptors (Lipinski definition) is 4. The Hall–Kier alpha value is -2.92. The van der Waals surface area contributed by atoms with Crippen LogP contribution in [0.5, 0.6) is 0 Å². The van der Waals surface area contributed by atoms with Gasteiger partial charge in [0.25, 0.3) is 0 Å². The van der Waals surface area contributed by atoms with E-state index in [1.54, 1.807) is 0 Å². The average molecular weight is 351 g/mol. The Kier molecular flexibility index (Phi) is 5.49. The van der Waals surface area contributed by atoms with E-state index in [9.17, 15) is 9.59 Å². The predicted molar refractivity (Wildman–Crippen MR) is 101 cm³/mol. The van der Waals surface area contributed by atoms with Crippen molar-refractivity contribution in [1.82, 2.24) is 5.32 Å². The Labute approximate surface area is 151 Å². The highest BCUT2D eigenvalue weighted by atomic mass is 16.5. The van der Waals surface area contributed by atoms with Crippen molar-refractivity contribution in [2.24, 2.45) is 0 Å². The van der Waals surface area contributed by atoms with Gasteiger partial charge < -0.3 is 14.8 Å². The Morgan fingerprint density at radius 1 is 0.962 bits per heavy atom. The molecule has 0 spiro atoms. The van der Waals surface area contributed by atoms with E-state index >= 15 is 0 Å². The molecule has 0 heterocycles. The van der Waals surface area contributed by atoms with Crippen LogP contribution in [0, 0.1) is 0 Å². The zero-order valence-electron chi connectivity index (χ0n) is 14.8. The van der Waals surface area contributed by atoms with Gasteiger partial charge in [0.15, 0.2) is 0 Å². The quantitative estimate of drug-likeness (QED) is 0.548. The summed E-state index contributed by atoms with van der Waals surface area (Å²) in [6.45, 7) is -0.107. The fourth-order valence-corrected chi connectivity index (χ4v) is 3.23. The summed E-state index contributed by atoms with van der Waals surface area (Å²) in [7, 11) is 2.75. The molecule has 0 aromatic heterocycles. The molecule has 0 saturated carbocycles. The van der Waals surface area contributed by atoms with Crippen LogP contribution >= 0.6 is 0 Å². The molecule has 5 heteroatoms. The van der Waals surface area contributed by atoms with Gasteiger partial charge in [-0.3, -0.25) is 4.79 Å². The van der Waals surface area contributed by atoms with Crippen LogP contribution < -0.4 is 5.32 Å². The summed E-state index contributed by atoms with van der Waals surface area (Å²) in [6, 6.07) is 17.4. The van der Waals surface area contributed by atoms with E-state index in [1.807, 2.05) is 48.5 Å². The summed E-state index contributed by atoms with van der Waals surface area (Å²) < 4.78 is 9.74. The van der Waals surface area contributed by atoms with Crippen LogP contribution in [0.25, 0.3) is 21.5 Å². The van der Waals surface area contributed by atoms with Crippen LogP contribution in [0.4, 0.5) is 0 Å². The fourth-order valence-electron chi connectivity index (χ4n) is 3.23. The van der Waals surface area contributed by atoms with Crippen LogP contribution in [-0.2, 0) is 25.5 Å². The lowest BCUT2D eigenvalue weighted by atomic mass is 9.92. The van der Waals surface area contributed by atoms with Crippen molar-refractivity contribution in [3.63, 3.8) is 0 Å². The monoisotopic (exact) mass is 351 g/mol. The summed E-state index contributed by atoms with van der Waals surface area (Å²) in [4.78, 5) is 24.2. The highest BCUT2D eigenvalue weighted by molar-refractivity contribution is 6.02. The number of ether oxygens (including phenoxy) is 2. The van der Waals surface area contributed by atoms with Gasteiger partial charge in [0, 0.05) is 13.5 Å². The van der Waals surface area contributed by atoms with Gasteiger partial charge in [-0.05, 0) is 33.2 Å². The van der Waals surface area contributed by atoms with E-state index in [0.29, 0.717) is 6.42 Å². The van der Waals surface area contributed by atoms with Gasteiger partial charge in [0.1, 0.15) is 12.6 Å². The largest absolute Gasteiger partial charge is 0.467 e. The van der Waals surface area contributed by atoms with Crippen LogP contribution in [0.2, 0.25) is 0 Å². The van der Waals surface area contributed by atoms with E-state index in [4.69, 9.17) is 9.47 Å². The van der Waals surface area contributed by atoms with E-state index in [0.717, 1.165) is 27.1 Å². The van der Waals surface area contributed by atoms with E-state index in [2.05, 4.69) is 11.4 Å². The SMILES string of the molecule is COCC(=O)N[C@@H](Cc1c2ccccc2cc2ccccc12)C(=O)OC. The maximum absolute atomic E-state index is 12.3. The lowest BCUT2D eigenvalue weighted by molar-refractivity contribution is -0.145. The molecule has 5 nitrogen and oxygen atoms in total. The number of carbonyl (C=O) groups is 2. The number of nitrogens with one attached hydrogen (secondary N) is 1. The topological polar surface area (TPSA) is 64.6 Å². The number of methoxy groups -OCH3 is 2. The third-order valence-electron chi connectivity index (χ3n) is 4.39. The van der Waals surface area contributed by atoms with E-state index in [-0.39, 0.29) is 12.5 Å². The highest BCUT2D eigenvalue weighted by Crippen LogP contribution is 2.29. The van der Waals surface area contributed by atoms with Crippen LogP contribution in [0.15, 0.2) is 54.6 Å². The summed E-state index contributed by atoms with van der Waals surface area (Å²) in [6.07, 6.45) is 0.337. The minimum Gasteiger partial charge on any atom is -0.467 e. The number of amides is 1. The van der Waals surface area contributed by atoms with Crippen LogP contribution in [0.1, 0.15) is 5.56 Å². The summed E-state index contributed by atoms with van der Waals surface area (Å²) in [5, 5.41) is 7.00. The molecule has 134 valence electrons. The molecular weight excluding hydrogens is 330 g/mol. The molecule has 0 aliphatic rings. The van der Waals surface area contributed by atoms with Gasteiger partial charge in [-0.1, -0.05) is 48.5 Å². The van der Waals surface area contributed by atoms with Gasteiger partial charge in [0.2, 0.25) is 5.91 Å². The van der Waals surface area contributed by atoms with Crippen molar-refractivity contribution in [2.45, 2.75) is 12.5 Å². The van der Waals surface area contributed by atoms with E-state index < -0.39 is 12.0 Å². The molecular formula is C21H21NO4. The van der Waals surface area contributed by atoms with Crippen molar-refractivity contribution >= 4 is 33.4 Å². The smallest absolute Gasteiger partial charge is 0.328 e. The molecule has 0 aliphatic carbocycles. The number of esters is 1. The Bertz CT molecular complexity index is 897. The molecule has 0 saturated heterocycles. The average Bonchev–Trinajstić information content (AvgIpc) is 2.66. The molecule has 26 heavy (non-hydrogen) atoms. The molecule has 3 aromatic carbocycles. The standard InChI is InChI=1S/C21H21NO4/c1-25-13-20(23)22-19(21(24)26-2)12-18-16-9-5-3-7-14(16)11-15-8-4-6-10-17(15)18/h3-11,19H,12-13H2,1-2H3,(H,22,23)/t19-/m0/s1. The second kappa shape index (κ2) is 7.97. The lowest BCUT2D eigenvalue weighted by Gasteiger charge is -2.19. The molecule has 0 fully saturated rings. The molecule has 0 unspecified atom stereocenters. The normalized spacial score (nSPS) is 12.1. The number of benzene rings is 3. The van der Waals surface area contributed by atoms with Gasteiger partial charge >= 0.3 is 5.97 Å². The molecule has 3 aromatic rings. The molecule has 1 N–H and O–H groups in total. The molecule has 0 radical (unpaired) electrons. The zero-order valence-corrected chi connectivity index (χ0v) is 14.8. The summed E-state index contributed by atoms with van der Waals surface area (Å²) in [5.74, 6) is -0.834. The van der Waals surface area contributed by atoms with Crippen molar-refractivity contribution in [3.05, 3.63) is 60.2 Å². The molecule has 1 atom stereocenters. The Balaban J connectivity index is 2.08.